The molecule has 1 fully saturated rings. The molecule has 1 aromatic carbocycles. The zero-order valence-electron chi connectivity index (χ0n) is 11.2. The van der Waals surface area contributed by atoms with Crippen molar-refractivity contribution >= 4 is 21.8 Å². The lowest BCUT2D eigenvalue weighted by Crippen LogP contribution is -2.41. The van der Waals surface area contributed by atoms with Gasteiger partial charge in [0.15, 0.2) is 0 Å². The van der Waals surface area contributed by atoms with Gasteiger partial charge in [-0.3, -0.25) is 4.79 Å². The summed E-state index contributed by atoms with van der Waals surface area (Å²) in [5, 5.41) is 0.676. The third kappa shape index (κ3) is 3.57. The van der Waals surface area contributed by atoms with E-state index in [1.807, 2.05) is 0 Å². The molecule has 0 radical (unpaired) electrons. The van der Waals surface area contributed by atoms with Crippen LogP contribution < -0.4 is 0 Å². The van der Waals surface area contributed by atoms with E-state index in [1.165, 1.54) is 18.2 Å². The van der Waals surface area contributed by atoms with Crippen molar-refractivity contribution in [1.82, 2.24) is 4.90 Å². The summed E-state index contributed by atoms with van der Waals surface area (Å²) < 4.78 is 27.2. The second kappa shape index (κ2) is 7.16. The van der Waals surface area contributed by atoms with Crippen molar-refractivity contribution in [1.29, 1.82) is 0 Å². The number of amides is 1. The molecule has 0 unspecified atom stereocenters. The van der Waals surface area contributed by atoms with Crippen molar-refractivity contribution < 1.29 is 13.6 Å². The summed E-state index contributed by atoms with van der Waals surface area (Å²) >= 11 is 3.34. The van der Waals surface area contributed by atoms with Crippen molar-refractivity contribution in [3.8, 4) is 0 Å². The molecular formula is C15H18BrF2NO. The van der Waals surface area contributed by atoms with Gasteiger partial charge in [-0.25, -0.2) is 8.78 Å². The van der Waals surface area contributed by atoms with Crippen LogP contribution in [0.15, 0.2) is 18.2 Å². The van der Waals surface area contributed by atoms with E-state index in [1.54, 1.807) is 4.90 Å². The average molecular weight is 346 g/mol. The third-order valence-corrected chi connectivity index (χ3v) is 4.16. The van der Waals surface area contributed by atoms with E-state index in [-0.39, 0.29) is 23.9 Å². The van der Waals surface area contributed by atoms with Crippen molar-refractivity contribution in [2.45, 2.75) is 38.1 Å². The SMILES string of the molecule is O=C(Cc1c(F)cccc1F)N(CCBr)C1CCCC1. The Morgan fingerprint density at radius 1 is 1.25 bits per heavy atom. The van der Waals surface area contributed by atoms with Gasteiger partial charge in [-0.1, -0.05) is 34.8 Å². The summed E-state index contributed by atoms with van der Waals surface area (Å²) in [6.45, 7) is 0.583. The van der Waals surface area contributed by atoms with Crippen LogP contribution in [-0.2, 0) is 11.2 Å². The van der Waals surface area contributed by atoms with E-state index in [2.05, 4.69) is 15.9 Å². The summed E-state index contributed by atoms with van der Waals surface area (Å²) in [5.41, 5.74) is -0.130. The average Bonchev–Trinajstić information content (AvgIpc) is 2.94. The second-order valence-electron chi connectivity index (χ2n) is 5.09. The van der Waals surface area contributed by atoms with Gasteiger partial charge in [-0.05, 0) is 25.0 Å². The van der Waals surface area contributed by atoms with Crippen LogP contribution in [0.25, 0.3) is 0 Å². The first-order chi connectivity index (χ1) is 9.63. The number of nitrogens with zero attached hydrogens (tertiary/aromatic N) is 1. The lowest BCUT2D eigenvalue weighted by molar-refractivity contribution is -0.132. The van der Waals surface area contributed by atoms with Gasteiger partial charge < -0.3 is 4.90 Å². The molecule has 1 amide bonds. The standard InChI is InChI=1S/C15H18BrF2NO/c16-8-9-19(11-4-1-2-5-11)15(20)10-12-13(17)6-3-7-14(12)18/h3,6-7,11H,1-2,4-5,8-10H2. The smallest absolute Gasteiger partial charge is 0.227 e. The Hall–Kier alpha value is -0.970. The fourth-order valence-electron chi connectivity index (χ4n) is 2.77. The Kier molecular flexibility index (Phi) is 5.52. The number of hydrogen-bond donors (Lipinski definition) is 0. The van der Waals surface area contributed by atoms with Gasteiger partial charge in [0.05, 0.1) is 6.42 Å². The van der Waals surface area contributed by atoms with Crippen molar-refractivity contribution in [2.24, 2.45) is 0 Å². The molecule has 0 heterocycles. The molecule has 1 aliphatic carbocycles. The van der Waals surface area contributed by atoms with Crippen LogP contribution in [0.2, 0.25) is 0 Å². The van der Waals surface area contributed by atoms with Crippen LogP contribution in [0.3, 0.4) is 0 Å². The highest BCUT2D eigenvalue weighted by Crippen LogP contribution is 2.25. The molecule has 0 aliphatic heterocycles. The fourth-order valence-corrected chi connectivity index (χ4v) is 3.15. The minimum absolute atomic E-state index is 0.130. The van der Waals surface area contributed by atoms with Gasteiger partial charge in [-0.15, -0.1) is 0 Å². The molecule has 1 aromatic rings. The first-order valence-corrected chi connectivity index (χ1v) is 8.04. The second-order valence-corrected chi connectivity index (χ2v) is 5.88. The lowest BCUT2D eigenvalue weighted by atomic mass is 10.1. The van der Waals surface area contributed by atoms with Crippen LogP contribution in [0.1, 0.15) is 31.2 Å². The zero-order chi connectivity index (χ0) is 14.5. The van der Waals surface area contributed by atoms with Crippen LogP contribution in [0, 0.1) is 11.6 Å². The Balaban J connectivity index is 2.11. The Bertz CT molecular complexity index is 455. The molecule has 2 nitrogen and oxygen atoms in total. The summed E-state index contributed by atoms with van der Waals surface area (Å²) in [5.74, 6) is -1.49. The minimum atomic E-state index is -0.649. The van der Waals surface area contributed by atoms with E-state index in [0.29, 0.717) is 11.9 Å². The van der Waals surface area contributed by atoms with E-state index in [4.69, 9.17) is 0 Å². The Morgan fingerprint density at radius 2 is 1.85 bits per heavy atom. The van der Waals surface area contributed by atoms with Crippen molar-refractivity contribution in [2.75, 3.05) is 11.9 Å². The van der Waals surface area contributed by atoms with Gasteiger partial charge in [0.2, 0.25) is 5.91 Å². The topological polar surface area (TPSA) is 20.3 Å². The molecule has 2 rings (SSSR count). The molecule has 0 spiro atoms. The van der Waals surface area contributed by atoms with Crippen LogP contribution in [0.5, 0.6) is 0 Å². The van der Waals surface area contributed by atoms with Crippen molar-refractivity contribution in [3.05, 3.63) is 35.4 Å². The van der Waals surface area contributed by atoms with Crippen LogP contribution in [-0.4, -0.2) is 28.7 Å². The predicted octanol–water partition coefficient (Wildman–Crippen LogP) is 3.67. The maximum atomic E-state index is 13.6. The first-order valence-electron chi connectivity index (χ1n) is 6.92. The Labute approximate surface area is 126 Å². The molecule has 5 heteroatoms. The molecule has 0 atom stereocenters. The molecule has 20 heavy (non-hydrogen) atoms. The monoisotopic (exact) mass is 345 g/mol. The highest BCUT2D eigenvalue weighted by molar-refractivity contribution is 9.09. The van der Waals surface area contributed by atoms with Crippen LogP contribution in [0.4, 0.5) is 8.78 Å². The highest BCUT2D eigenvalue weighted by atomic mass is 79.9. The zero-order valence-corrected chi connectivity index (χ0v) is 12.8. The molecule has 0 aromatic heterocycles. The van der Waals surface area contributed by atoms with Crippen LogP contribution >= 0.6 is 15.9 Å². The minimum Gasteiger partial charge on any atom is -0.339 e. The quantitative estimate of drug-likeness (QED) is 0.745. The number of benzene rings is 1. The Morgan fingerprint density at radius 3 is 2.40 bits per heavy atom. The summed E-state index contributed by atoms with van der Waals surface area (Å²) in [7, 11) is 0. The third-order valence-electron chi connectivity index (χ3n) is 3.80. The fraction of sp³-hybridized carbons (Fsp3) is 0.533. The number of halogens is 3. The first kappa shape index (κ1) is 15.4. The van der Waals surface area contributed by atoms with E-state index < -0.39 is 11.6 Å². The van der Waals surface area contributed by atoms with E-state index in [9.17, 15) is 13.6 Å². The summed E-state index contributed by atoms with van der Waals surface area (Å²) in [6, 6.07) is 3.91. The maximum absolute atomic E-state index is 13.6. The van der Waals surface area contributed by atoms with Gasteiger partial charge in [-0.2, -0.15) is 0 Å². The summed E-state index contributed by atoms with van der Waals surface area (Å²) in [6.07, 6.45) is 3.99. The van der Waals surface area contributed by atoms with Gasteiger partial charge in [0, 0.05) is 23.5 Å². The molecule has 0 saturated heterocycles. The van der Waals surface area contributed by atoms with Gasteiger partial charge in [0.1, 0.15) is 11.6 Å². The number of alkyl halides is 1. The lowest BCUT2D eigenvalue weighted by Gasteiger charge is -2.28. The number of rotatable bonds is 5. The normalized spacial score (nSPS) is 15.6. The molecule has 1 saturated carbocycles. The molecule has 1 aliphatic rings. The number of carbonyl (C=O) groups is 1. The number of carbonyl (C=O) groups excluding carboxylic acids is 1. The molecular weight excluding hydrogens is 328 g/mol. The number of hydrogen-bond acceptors (Lipinski definition) is 1. The van der Waals surface area contributed by atoms with E-state index >= 15 is 0 Å². The van der Waals surface area contributed by atoms with Crippen molar-refractivity contribution in [3.63, 3.8) is 0 Å². The molecule has 0 N–H and O–H groups in total. The predicted molar refractivity (Wildman–Crippen MR) is 77.8 cm³/mol. The molecule has 110 valence electrons. The van der Waals surface area contributed by atoms with E-state index in [0.717, 1.165) is 25.7 Å². The van der Waals surface area contributed by atoms with Gasteiger partial charge in [0.25, 0.3) is 0 Å². The highest BCUT2D eigenvalue weighted by Gasteiger charge is 2.27. The molecule has 0 bridgehead atoms. The summed E-state index contributed by atoms with van der Waals surface area (Å²) in [4.78, 5) is 14.1. The van der Waals surface area contributed by atoms with Gasteiger partial charge >= 0.3 is 0 Å². The maximum Gasteiger partial charge on any atom is 0.227 e. The largest absolute Gasteiger partial charge is 0.339 e.